The minimum atomic E-state index is -0.440. The standard InChI is InChI=1S/C26H30N6O2/c1-18-5-2-3-8-21(18)20-7-4-6-19(15-20)17-31-12-11-23-29-30-24(32(23)14-13-31)16-27-26(34)22-9-10-25(33)28-22/h2-8,15,22H,9-14,16-17H2,1H3,(H,27,34)(H,28,33). The summed E-state index contributed by atoms with van der Waals surface area (Å²) in [5.41, 5.74) is 5.10. The van der Waals surface area contributed by atoms with Gasteiger partial charge in [0.25, 0.3) is 0 Å². The zero-order chi connectivity index (χ0) is 23.5. The SMILES string of the molecule is Cc1ccccc1-c1cccc(CN2CCc3nnc(CNC(=O)C4CCC(=O)N4)n3CC2)c1. The highest BCUT2D eigenvalue weighted by Gasteiger charge is 2.27. The van der Waals surface area contributed by atoms with Gasteiger partial charge in [0, 0.05) is 39.0 Å². The predicted octanol–water partition coefficient (Wildman–Crippen LogP) is 2.21. The van der Waals surface area contributed by atoms with E-state index in [9.17, 15) is 9.59 Å². The number of amides is 2. The third-order valence-electron chi connectivity index (χ3n) is 6.72. The lowest BCUT2D eigenvalue weighted by molar-refractivity contribution is -0.125. The predicted molar refractivity (Wildman–Crippen MR) is 129 cm³/mol. The van der Waals surface area contributed by atoms with E-state index in [4.69, 9.17) is 0 Å². The highest BCUT2D eigenvalue weighted by molar-refractivity contribution is 5.90. The molecule has 3 heterocycles. The van der Waals surface area contributed by atoms with Crippen molar-refractivity contribution in [1.29, 1.82) is 0 Å². The molecule has 34 heavy (non-hydrogen) atoms. The second kappa shape index (κ2) is 9.77. The molecule has 1 saturated heterocycles. The molecule has 1 fully saturated rings. The molecule has 0 aliphatic carbocycles. The maximum absolute atomic E-state index is 12.3. The second-order valence-electron chi connectivity index (χ2n) is 9.10. The Hall–Kier alpha value is -3.52. The molecular formula is C26H30N6O2. The van der Waals surface area contributed by atoms with Crippen molar-refractivity contribution in [2.75, 3.05) is 13.1 Å². The largest absolute Gasteiger partial charge is 0.347 e. The average Bonchev–Trinajstić information content (AvgIpc) is 3.40. The van der Waals surface area contributed by atoms with Crippen molar-refractivity contribution in [1.82, 2.24) is 30.3 Å². The van der Waals surface area contributed by atoms with Crippen molar-refractivity contribution in [2.45, 2.75) is 51.9 Å². The number of hydrogen-bond acceptors (Lipinski definition) is 5. The van der Waals surface area contributed by atoms with Gasteiger partial charge >= 0.3 is 0 Å². The molecule has 3 aromatic rings. The number of benzene rings is 2. The molecule has 2 aliphatic heterocycles. The summed E-state index contributed by atoms with van der Waals surface area (Å²) >= 11 is 0. The molecule has 1 aromatic heterocycles. The monoisotopic (exact) mass is 458 g/mol. The van der Waals surface area contributed by atoms with Gasteiger partial charge in [0.1, 0.15) is 11.9 Å². The Morgan fingerprint density at radius 3 is 2.79 bits per heavy atom. The molecule has 0 spiro atoms. The van der Waals surface area contributed by atoms with Crippen LogP contribution in [0.5, 0.6) is 0 Å². The number of rotatable bonds is 6. The fraction of sp³-hybridized carbons (Fsp3) is 0.385. The number of nitrogens with zero attached hydrogens (tertiary/aromatic N) is 4. The molecule has 5 rings (SSSR count). The van der Waals surface area contributed by atoms with E-state index < -0.39 is 6.04 Å². The van der Waals surface area contributed by atoms with Crippen LogP contribution in [0, 0.1) is 6.92 Å². The van der Waals surface area contributed by atoms with Gasteiger partial charge in [-0.15, -0.1) is 10.2 Å². The Morgan fingerprint density at radius 2 is 1.97 bits per heavy atom. The minimum Gasteiger partial charge on any atom is -0.347 e. The zero-order valence-electron chi connectivity index (χ0n) is 19.5. The topological polar surface area (TPSA) is 92.2 Å². The number of carbonyl (C=O) groups excluding carboxylic acids is 2. The van der Waals surface area contributed by atoms with E-state index in [1.807, 2.05) is 0 Å². The first-order valence-corrected chi connectivity index (χ1v) is 11.9. The number of aromatic nitrogens is 3. The molecule has 176 valence electrons. The summed E-state index contributed by atoms with van der Waals surface area (Å²) in [6, 6.07) is 16.8. The van der Waals surface area contributed by atoms with E-state index in [1.165, 1.54) is 22.3 Å². The Bertz CT molecular complexity index is 1200. The molecule has 2 aliphatic rings. The molecule has 2 amide bonds. The van der Waals surface area contributed by atoms with Crippen LogP contribution < -0.4 is 10.6 Å². The van der Waals surface area contributed by atoms with Crippen LogP contribution in [0.25, 0.3) is 11.1 Å². The van der Waals surface area contributed by atoms with Gasteiger partial charge in [-0.2, -0.15) is 0 Å². The molecular weight excluding hydrogens is 428 g/mol. The fourth-order valence-electron chi connectivity index (χ4n) is 4.81. The van der Waals surface area contributed by atoms with Crippen molar-refractivity contribution in [2.24, 2.45) is 0 Å². The van der Waals surface area contributed by atoms with Gasteiger partial charge in [0.2, 0.25) is 11.8 Å². The van der Waals surface area contributed by atoms with E-state index >= 15 is 0 Å². The van der Waals surface area contributed by atoms with Crippen molar-refractivity contribution in [3.05, 3.63) is 71.3 Å². The van der Waals surface area contributed by atoms with E-state index in [0.717, 1.165) is 44.2 Å². The van der Waals surface area contributed by atoms with Crippen LogP contribution in [-0.4, -0.2) is 50.6 Å². The normalized spacial score (nSPS) is 18.3. The highest BCUT2D eigenvalue weighted by atomic mass is 16.2. The van der Waals surface area contributed by atoms with Gasteiger partial charge in [-0.3, -0.25) is 14.5 Å². The van der Waals surface area contributed by atoms with Crippen molar-refractivity contribution < 1.29 is 9.59 Å². The van der Waals surface area contributed by atoms with Crippen LogP contribution in [0.4, 0.5) is 0 Å². The fourth-order valence-corrected chi connectivity index (χ4v) is 4.81. The van der Waals surface area contributed by atoms with Gasteiger partial charge < -0.3 is 15.2 Å². The summed E-state index contributed by atoms with van der Waals surface area (Å²) in [5.74, 6) is 1.48. The third kappa shape index (κ3) is 4.87. The van der Waals surface area contributed by atoms with E-state index in [1.54, 1.807) is 0 Å². The maximum Gasteiger partial charge on any atom is 0.242 e. The number of nitrogens with one attached hydrogen (secondary N) is 2. The second-order valence-corrected chi connectivity index (χ2v) is 9.10. The highest BCUT2D eigenvalue weighted by Crippen LogP contribution is 2.24. The summed E-state index contributed by atoms with van der Waals surface area (Å²) in [5, 5.41) is 14.3. The van der Waals surface area contributed by atoms with Gasteiger partial charge in [-0.25, -0.2) is 0 Å². The molecule has 0 bridgehead atoms. The van der Waals surface area contributed by atoms with Crippen LogP contribution in [0.15, 0.2) is 48.5 Å². The maximum atomic E-state index is 12.3. The van der Waals surface area contributed by atoms with Crippen LogP contribution in [-0.2, 0) is 35.6 Å². The smallest absolute Gasteiger partial charge is 0.242 e. The first kappa shape index (κ1) is 22.3. The summed E-state index contributed by atoms with van der Waals surface area (Å²) in [6.07, 6.45) is 1.77. The lowest BCUT2D eigenvalue weighted by atomic mass is 9.99. The Morgan fingerprint density at radius 1 is 1.09 bits per heavy atom. The summed E-state index contributed by atoms with van der Waals surface area (Å²) in [7, 11) is 0. The molecule has 1 atom stereocenters. The molecule has 2 N–H and O–H groups in total. The van der Waals surface area contributed by atoms with Crippen LogP contribution >= 0.6 is 0 Å². The Labute approximate surface area is 199 Å². The average molecular weight is 459 g/mol. The summed E-state index contributed by atoms with van der Waals surface area (Å²) in [4.78, 5) is 26.1. The van der Waals surface area contributed by atoms with E-state index in [0.29, 0.717) is 19.4 Å². The zero-order valence-corrected chi connectivity index (χ0v) is 19.5. The van der Waals surface area contributed by atoms with Crippen molar-refractivity contribution in [3.8, 4) is 11.1 Å². The van der Waals surface area contributed by atoms with Gasteiger partial charge in [0.05, 0.1) is 6.54 Å². The first-order valence-electron chi connectivity index (χ1n) is 11.9. The Kier molecular flexibility index (Phi) is 6.40. The number of hydrogen-bond donors (Lipinski definition) is 2. The Balaban J connectivity index is 1.20. The van der Waals surface area contributed by atoms with Gasteiger partial charge in [0.15, 0.2) is 5.82 Å². The lowest BCUT2D eigenvalue weighted by Crippen LogP contribution is -2.41. The van der Waals surface area contributed by atoms with Crippen molar-refractivity contribution in [3.63, 3.8) is 0 Å². The van der Waals surface area contributed by atoms with Gasteiger partial charge in [-0.05, 0) is 41.7 Å². The van der Waals surface area contributed by atoms with Crippen LogP contribution in [0.3, 0.4) is 0 Å². The quantitative estimate of drug-likeness (QED) is 0.591. The van der Waals surface area contributed by atoms with Crippen molar-refractivity contribution >= 4 is 11.8 Å². The number of carbonyl (C=O) groups is 2. The third-order valence-corrected chi connectivity index (χ3v) is 6.72. The molecule has 8 heteroatoms. The molecule has 1 unspecified atom stereocenters. The molecule has 0 saturated carbocycles. The summed E-state index contributed by atoms with van der Waals surface area (Å²) in [6.45, 7) is 5.93. The molecule has 0 radical (unpaired) electrons. The van der Waals surface area contributed by atoms with Gasteiger partial charge in [-0.1, -0.05) is 42.5 Å². The summed E-state index contributed by atoms with van der Waals surface area (Å²) < 4.78 is 2.12. The van der Waals surface area contributed by atoms with Crippen LogP contribution in [0.2, 0.25) is 0 Å². The first-order chi connectivity index (χ1) is 16.6. The van der Waals surface area contributed by atoms with E-state index in [2.05, 4.69) is 85.8 Å². The lowest BCUT2D eigenvalue weighted by Gasteiger charge is -2.20. The van der Waals surface area contributed by atoms with Crippen LogP contribution in [0.1, 0.15) is 35.6 Å². The number of fused-ring (bicyclic) bond motifs is 1. The molecule has 8 nitrogen and oxygen atoms in total. The number of aryl methyl sites for hydroxylation is 1. The minimum absolute atomic E-state index is 0.0685. The molecule has 2 aromatic carbocycles. The van der Waals surface area contributed by atoms with E-state index in [-0.39, 0.29) is 11.8 Å².